The van der Waals surface area contributed by atoms with E-state index in [4.69, 9.17) is 0 Å². The first-order valence-electron chi connectivity index (χ1n) is 6.19. The number of aromatic nitrogens is 1. The summed E-state index contributed by atoms with van der Waals surface area (Å²) in [6.45, 7) is 5.58. The number of amides is 1. The molecule has 0 unspecified atom stereocenters. The molecule has 1 rings (SSSR count). The topological polar surface area (TPSA) is 45.2 Å². The Labute approximate surface area is 113 Å². The average Bonchev–Trinajstić information content (AvgIpc) is 2.41. The average molecular weight is 267 g/mol. The van der Waals surface area contributed by atoms with Crippen LogP contribution in [0.25, 0.3) is 0 Å². The summed E-state index contributed by atoms with van der Waals surface area (Å²) >= 11 is 1.64. The second kappa shape index (κ2) is 7.97. The molecule has 0 aliphatic heterocycles. The molecule has 1 amide bonds. The van der Waals surface area contributed by atoms with E-state index in [0.717, 1.165) is 30.2 Å². The fourth-order valence-electron chi connectivity index (χ4n) is 1.58. The third-order valence-electron chi connectivity index (χ3n) is 2.69. The molecule has 0 aromatic carbocycles. The highest BCUT2D eigenvalue weighted by Gasteiger charge is 2.08. The lowest BCUT2D eigenvalue weighted by Crippen LogP contribution is -2.31. The summed E-state index contributed by atoms with van der Waals surface area (Å²) in [7, 11) is 1.85. The second-order valence-electron chi connectivity index (χ2n) is 3.86. The zero-order valence-corrected chi connectivity index (χ0v) is 12.1. The van der Waals surface area contributed by atoms with Gasteiger partial charge in [-0.2, -0.15) is 0 Å². The quantitative estimate of drug-likeness (QED) is 0.823. The van der Waals surface area contributed by atoms with Crippen molar-refractivity contribution in [2.24, 2.45) is 0 Å². The van der Waals surface area contributed by atoms with Gasteiger partial charge in [0.05, 0.1) is 5.75 Å². The van der Waals surface area contributed by atoms with Crippen LogP contribution in [0, 0.1) is 0 Å². The molecule has 0 fully saturated rings. The number of anilines is 1. The molecule has 1 aromatic rings. The molecule has 0 saturated carbocycles. The molecule has 0 radical (unpaired) electrons. The van der Waals surface area contributed by atoms with E-state index in [1.165, 1.54) is 0 Å². The monoisotopic (exact) mass is 267 g/mol. The van der Waals surface area contributed by atoms with Gasteiger partial charge in [-0.25, -0.2) is 4.98 Å². The molecule has 1 heterocycles. The Morgan fingerprint density at radius 1 is 1.39 bits per heavy atom. The summed E-state index contributed by atoms with van der Waals surface area (Å²) in [6.07, 6.45) is 1.85. The Hall–Kier alpha value is -1.23. The van der Waals surface area contributed by atoms with Crippen molar-refractivity contribution in [3.63, 3.8) is 0 Å². The lowest BCUT2D eigenvalue weighted by Gasteiger charge is -2.18. The highest BCUT2D eigenvalue weighted by atomic mass is 32.2. The maximum absolute atomic E-state index is 11.8. The van der Waals surface area contributed by atoms with Crippen LogP contribution in [0.2, 0.25) is 0 Å². The molecular formula is C13H21N3OS. The number of carbonyl (C=O) groups is 1. The molecule has 0 aliphatic rings. The Kier molecular flexibility index (Phi) is 6.57. The van der Waals surface area contributed by atoms with Crippen molar-refractivity contribution in [3.05, 3.63) is 23.9 Å². The van der Waals surface area contributed by atoms with Gasteiger partial charge in [-0.1, -0.05) is 6.07 Å². The molecule has 5 heteroatoms. The predicted octanol–water partition coefficient (Wildman–Crippen LogP) is 2.22. The Morgan fingerprint density at radius 3 is 2.61 bits per heavy atom. The fraction of sp³-hybridized carbons (Fsp3) is 0.538. The van der Waals surface area contributed by atoms with E-state index in [-0.39, 0.29) is 5.91 Å². The normalized spacial score (nSPS) is 10.2. The largest absolute Gasteiger partial charge is 0.373 e. The third-order valence-corrected chi connectivity index (χ3v) is 3.68. The Bertz CT molecular complexity index is 363. The van der Waals surface area contributed by atoms with Gasteiger partial charge in [0, 0.05) is 32.1 Å². The van der Waals surface area contributed by atoms with E-state index < -0.39 is 0 Å². The number of nitrogens with one attached hydrogen (secondary N) is 1. The van der Waals surface area contributed by atoms with Gasteiger partial charge in [-0.3, -0.25) is 4.79 Å². The van der Waals surface area contributed by atoms with Crippen LogP contribution in [0.5, 0.6) is 0 Å². The van der Waals surface area contributed by atoms with Crippen LogP contribution >= 0.6 is 11.8 Å². The minimum atomic E-state index is 0.213. The number of pyridine rings is 1. The number of nitrogens with zero attached hydrogens (tertiary/aromatic N) is 2. The predicted molar refractivity (Wildman–Crippen MR) is 77.9 cm³/mol. The molecule has 100 valence electrons. The van der Waals surface area contributed by atoms with E-state index in [9.17, 15) is 4.79 Å². The summed E-state index contributed by atoms with van der Waals surface area (Å²) in [4.78, 5) is 17.9. The standard InChI is InChI=1S/C13H21N3OS/c1-4-16(5-2)13(17)10-18-9-11-6-7-12(14-3)15-8-11/h6-8H,4-5,9-10H2,1-3H3,(H,14,15). The molecule has 0 spiro atoms. The summed E-state index contributed by atoms with van der Waals surface area (Å²) in [6, 6.07) is 3.98. The van der Waals surface area contributed by atoms with Crippen molar-refractivity contribution in [2.45, 2.75) is 19.6 Å². The fourth-order valence-corrected chi connectivity index (χ4v) is 2.45. The number of carbonyl (C=O) groups excluding carboxylic acids is 1. The molecule has 0 bridgehead atoms. The molecule has 1 aromatic heterocycles. The van der Waals surface area contributed by atoms with Crippen molar-refractivity contribution < 1.29 is 4.79 Å². The van der Waals surface area contributed by atoms with Crippen LogP contribution in [0.3, 0.4) is 0 Å². The first kappa shape index (κ1) is 14.8. The van der Waals surface area contributed by atoms with Crippen LogP contribution in [0.1, 0.15) is 19.4 Å². The van der Waals surface area contributed by atoms with Crippen molar-refractivity contribution in [3.8, 4) is 0 Å². The molecule has 0 saturated heterocycles. The van der Waals surface area contributed by atoms with Crippen LogP contribution in [-0.2, 0) is 10.5 Å². The van der Waals surface area contributed by atoms with Crippen molar-refractivity contribution in [2.75, 3.05) is 31.2 Å². The van der Waals surface area contributed by atoms with Crippen LogP contribution in [0.4, 0.5) is 5.82 Å². The summed E-state index contributed by atoms with van der Waals surface area (Å²) in [5.74, 6) is 2.44. The zero-order chi connectivity index (χ0) is 13.4. The number of rotatable bonds is 7. The highest BCUT2D eigenvalue weighted by molar-refractivity contribution is 7.99. The smallest absolute Gasteiger partial charge is 0.232 e. The summed E-state index contributed by atoms with van der Waals surface area (Å²) in [5, 5.41) is 2.98. The van der Waals surface area contributed by atoms with Crippen LogP contribution in [-0.4, -0.2) is 41.7 Å². The Balaban J connectivity index is 2.34. The van der Waals surface area contributed by atoms with E-state index in [1.54, 1.807) is 11.8 Å². The van der Waals surface area contributed by atoms with Gasteiger partial charge >= 0.3 is 0 Å². The van der Waals surface area contributed by atoms with E-state index >= 15 is 0 Å². The van der Waals surface area contributed by atoms with Gasteiger partial charge in [-0.15, -0.1) is 11.8 Å². The van der Waals surface area contributed by atoms with Gasteiger partial charge in [0.1, 0.15) is 5.82 Å². The van der Waals surface area contributed by atoms with Crippen LogP contribution < -0.4 is 5.32 Å². The molecule has 0 aliphatic carbocycles. The molecule has 1 N–H and O–H groups in total. The first-order valence-corrected chi connectivity index (χ1v) is 7.34. The van der Waals surface area contributed by atoms with Crippen molar-refractivity contribution in [1.29, 1.82) is 0 Å². The van der Waals surface area contributed by atoms with Gasteiger partial charge in [0.2, 0.25) is 5.91 Å². The summed E-state index contributed by atoms with van der Waals surface area (Å²) < 4.78 is 0. The maximum atomic E-state index is 11.8. The van der Waals surface area contributed by atoms with E-state index in [2.05, 4.69) is 10.3 Å². The molecular weight excluding hydrogens is 246 g/mol. The minimum absolute atomic E-state index is 0.213. The van der Waals surface area contributed by atoms with Crippen molar-refractivity contribution >= 4 is 23.5 Å². The number of thioether (sulfide) groups is 1. The zero-order valence-electron chi connectivity index (χ0n) is 11.3. The highest BCUT2D eigenvalue weighted by Crippen LogP contribution is 2.13. The third kappa shape index (κ3) is 4.56. The molecule has 0 atom stereocenters. The summed E-state index contributed by atoms with van der Waals surface area (Å²) in [5.41, 5.74) is 1.14. The number of hydrogen-bond donors (Lipinski definition) is 1. The van der Waals surface area contributed by atoms with Gasteiger partial charge in [0.25, 0.3) is 0 Å². The lowest BCUT2D eigenvalue weighted by atomic mass is 10.3. The SMILES string of the molecule is CCN(CC)C(=O)CSCc1ccc(NC)nc1. The Morgan fingerprint density at radius 2 is 2.11 bits per heavy atom. The first-order chi connectivity index (χ1) is 8.71. The van der Waals surface area contributed by atoms with Crippen LogP contribution in [0.15, 0.2) is 18.3 Å². The second-order valence-corrected chi connectivity index (χ2v) is 4.85. The van der Waals surface area contributed by atoms with Gasteiger partial charge in [-0.05, 0) is 25.5 Å². The van der Waals surface area contributed by atoms with E-state index in [0.29, 0.717) is 5.75 Å². The van der Waals surface area contributed by atoms with Gasteiger partial charge < -0.3 is 10.2 Å². The molecule has 4 nitrogen and oxygen atoms in total. The molecule has 18 heavy (non-hydrogen) atoms. The van der Waals surface area contributed by atoms with E-state index in [1.807, 2.05) is 44.1 Å². The van der Waals surface area contributed by atoms with Gasteiger partial charge in [0.15, 0.2) is 0 Å². The lowest BCUT2D eigenvalue weighted by molar-refractivity contribution is -0.127. The minimum Gasteiger partial charge on any atom is -0.373 e. The number of hydrogen-bond acceptors (Lipinski definition) is 4. The van der Waals surface area contributed by atoms with Crippen molar-refractivity contribution in [1.82, 2.24) is 9.88 Å². The maximum Gasteiger partial charge on any atom is 0.232 e.